The van der Waals surface area contributed by atoms with Crippen LogP contribution in [0.25, 0.3) is 11.1 Å². The average Bonchev–Trinajstić information content (AvgIpc) is 3.19. The van der Waals surface area contributed by atoms with E-state index in [9.17, 15) is 4.79 Å². The van der Waals surface area contributed by atoms with Gasteiger partial charge in [-0.05, 0) is 49.2 Å². The molecule has 2 heterocycles. The van der Waals surface area contributed by atoms with Crippen molar-refractivity contribution in [3.63, 3.8) is 0 Å². The number of nitrogens with one attached hydrogen (secondary N) is 2. The highest BCUT2D eigenvalue weighted by molar-refractivity contribution is 7.71. The molecule has 1 spiro atoms. The van der Waals surface area contributed by atoms with Gasteiger partial charge in [0.1, 0.15) is 0 Å². The molecular formula is C17H20N2O4S. The molecule has 0 bridgehead atoms. The number of oxazole rings is 1. The van der Waals surface area contributed by atoms with Gasteiger partial charge in [-0.15, -0.1) is 0 Å². The van der Waals surface area contributed by atoms with Gasteiger partial charge in [0.15, 0.2) is 11.4 Å². The van der Waals surface area contributed by atoms with Crippen molar-refractivity contribution in [2.75, 3.05) is 19.8 Å². The van der Waals surface area contributed by atoms with Crippen molar-refractivity contribution in [1.29, 1.82) is 0 Å². The topological polar surface area (TPSA) is 76.5 Å². The Morgan fingerprint density at radius 1 is 1.29 bits per heavy atom. The van der Waals surface area contributed by atoms with Crippen LogP contribution in [-0.2, 0) is 9.47 Å². The molecule has 24 heavy (non-hydrogen) atoms. The number of hydrogen-bond acceptors (Lipinski definition) is 5. The summed E-state index contributed by atoms with van der Waals surface area (Å²) in [5, 5.41) is 3.02. The Morgan fingerprint density at radius 2 is 2.04 bits per heavy atom. The van der Waals surface area contributed by atoms with E-state index in [0.29, 0.717) is 41.7 Å². The molecule has 1 amide bonds. The van der Waals surface area contributed by atoms with E-state index in [1.54, 1.807) is 12.1 Å². The van der Waals surface area contributed by atoms with Crippen LogP contribution in [0.15, 0.2) is 22.6 Å². The van der Waals surface area contributed by atoms with E-state index >= 15 is 0 Å². The summed E-state index contributed by atoms with van der Waals surface area (Å²) in [5.41, 5.74) is 1.98. The molecule has 1 aliphatic carbocycles. The molecule has 6 nitrogen and oxygen atoms in total. The molecule has 0 radical (unpaired) electrons. The monoisotopic (exact) mass is 348 g/mol. The van der Waals surface area contributed by atoms with Crippen molar-refractivity contribution in [2.45, 2.75) is 31.5 Å². The summed E-state index contributed by atoms with van der Waals surface area (Å²) in [6, 6.07) is 5.30. The molecule has 0 atom stereocenters. The van der Waals surface area contributed by atoms with Crippen LogP contribution in [-0.4, -0.2) is 36.4 Å². The fraction of sp³-hybridized carbons (Fsp3) is 0.529. The minimum atomic E-state index is -0.344. The predicted octanol–water partition coefficient (Wildman–Crippen LogP) is 3.15. The van der Waals surface area contributed by atoms with Crippen LogP contribution in [0.1, 0.15) is 36.0 Å². The lowest BCUT2D eigenvalue weighted by Gasteiger charge is -2.35. The second-order valence-corrected chi connectivity index (χ2v) is 6.86. The van der Waals surface area contributed by atoms with Crippen LogP contribution in [0.2, 0.25) is 0 Å². The highest BCUT2D eigenvalue weighted by Gasteiger charge is 2.40. The van der Waals surface area contributed by atoms with E-state index in [-0.39, 0.29) is 11.7 Å². The number of ether oxygens (including phenoxy) is 2. The molecule has 1 saturated heterocycles. The number of aromatic amines is 1. The third-order valence-electron chi connectivity index (χ3n) is 4.92. The maximum absolute atomic E-state index is 12.3. The lowest BCUT2D eigenvalue weighted by molar-refractivity contribution is -0.182. The fourth-order valence-electron chi connectivity index (χ4n) is 3.53. The Balaban J connectivity index is 1.33. The van der Waals surface area contributed by atoms with Crippen molar-refractivity contribution in [2.24, 2.45) is 5.92 Å². The molecule has 1 aliphatic heterocycles. The summed E-state index contributed by atoms with van der Waals surface area (Å²) in [7, 11) is 0. The first-order valence-electron chi connectivity index (χ1n) is 8.33. The Morgan fingerprint density at radius 3 is 2.79 bits per heavy atom. The Kier molecular flexibility index (Phi) is 4.15. The number of fused-ring (bicyclic) bond motifs is 1. The number of amides is 1. The van der Waals surface area contributed by atoms with Gasteiger partial charge < -0.3 is 24.2 Å². The fourth-order valence-corrected chi connectivity index (χ4v) is 3.73. The Hall–Kier alpha value is -1.70. The zero-order valence-electron chi connectivity index (χ0n) is 13.3. The number of H-pyrrole nitrogens is 1. The predicted molar refractivity (Wildman–Crippen MR) is 90.3 cm³/mol. The van der Waals surface area contributed by atoms with Crippen molar-refractivity contribution in [3.05, 3.63) is 28.6 Å². The zero-order chi connectivity index (χ0) is 16.6. The summed E-state index contributed by atoms with van der Waals surface area (Å²) < 4.78 is 16.8. The molecule has 1 aromatic carbocycles. The van der Waals surface area contributed by atoms with Crippen LogP contribution in [0.3, 0.4) is 0 Å². The third-order valence-corrected chi connectivity index (χ3v) is 5.10. The van der Waals surface area contributed by atoms with Gasteiger partial charge in [0.2, 0.25) is 0 Å². The first-order chi connectivity index (χ1) is 11.6. The summed E-state index contributed by atoms with van der Waals surface area (Å²) in [5.74, 6) is 0.0312. The number of rotatable bonds is 3. The number of benzene rings is 1. The number of carbonyl (C=O) groups excluding carboxylic acids is 1. The standard InChI is InChI=1S/C17H20N2O4S/c20-15(12-1-2-13-14(9-12)23-16(24)19-13)18-10-11-3-5-17(6-4-11)21-7-8-22-17/h1-2,9,11H,3-8,10H2,(H,18,20)(H,19,24). The van der Waals surface area contributed by atoms with Crippen LogP contribution in [0.5, 0.6) is 0 Å². The lowest BCUT2D eigenvalue weighted by atomic mass is 9.85. The number of carbonyl (C=O) groups is 1. The quantitative estimate of drug-likeness (QED) is 0.833. The van der Waals surface area contributed by atoms with Crippen LogP contribution < -0.4 is 5.32 Å². The van der Waals surface area contributed by atoms with Gasteiger partial charge in [0.05, 0.1) is 18.7 Å². The Labute approximate surface area is 144 Å². The van der Waals surface area contributed by atoms with Crippen molar-refractivity contribution >= 4 is 29.2 Å². The maximum atomic E-state index is 12.3. The Bertz CT molecular complexity index is 796. The minimum absolute atomic E-state index is 0.0899. The molecule has 2 aromatic rings. The van der Waals surface area contributed by atoms with Gasteiger partial charge >= 0.3 is 0 Å². The first-order valence-corrected chi connectivity index (χ1v) is 8.73. The molecule has 1 saturated carbocycles. The molecular weight excluding hydrogens is 328 g/mol. The van der Waals surface area contributed by atoms with E-state index in [0.717, 1.165) is 31.2 Å². The van der Waals surface area contributed by atoms with Gasteiger partial charge in [-0.2, -0.15) is 0 Å². The van der Waals surface area contributed by atoms with Gasteiger partial charge in [-0.1, -0.05) is 0 Å². The van der Waals surface area contributed by atoms with Gasteiger partial charge in [0.25, 0.3) is 10.7 Å². The van der Waals surface area contributed by atoms with Crippen LogP contribution in [0, 0.1) is 10.8 Å². The van der Waals surface area contributed by atoms with Gasteiger partial charge in [-0.25, -0.2) is 0 Å². The third kappa shape index (κ3) is 3.11. The van der Waals surface area contributed by atoms with E-state index in [1.807, 2.05) is 6.07 Å². The minimum Gasteiger partial charge on any atom is -0.429 e. The van der Waals surface area contributed by atoms with Crippen molar-refractivity contribution in [3.8, 4) is 0 Å². The second kappa shape index (κ2) is 6.31. The van der Waals surface area contributed by atoms with Crippen LogP contribution >= 0.6 is 12.2 Å². The maximum Gasteiger partial charge on any atom is 0.266 e. The van der Waals surface area contributed by atoms with E-state index in [4.69, 9.17) is 26.1 Å². The molecule has 4 rings (SSSR count). The van der Waals surface area contributed by atoms with E-state index in [1.165, 1.54) is 0 Å². The van der Waals surface area contributed by atoms with Crippen molar-refractivity contribution in [1.82, 2.24) is 10.3 Å². The molecule has 1 aromatic heterocycles. The summed E-state index contributed by atoms with van der Waals surface area (Å²) in [6.07, 6.45) is 3.82. The normalized spacial score (nSPS) is 20.7. The zero-order valence-corrected chi connectivity index (χ0v) is 14.1. The molecule has 0 unspecified atom stereocenters. The summed E-state index contributed by atoms with van der Waals surface area (Å²) in [6.45, 7) is 2.06. The lowest BCUT2D eigenvalue weighted by Crippen LogP contribution is -2.38. The van der Waals surface area contributed by atoms with E-state index < -0.39 is 0 Å². The van der Waals surface area contributed by atoms with Gasteiger partial charge in [0, 0.05) is 24.9 Å². The van der Waals surface area contributed by atoms with Gasteiger partial charge in [-0.3, -0.25) is 4.79 Å². The largest absolute Gasteiger partial charge is 0.429 e. The summed E-state index contributed by atoms with van der Waals surface area (Å²) in [4.78, 5) is 15.6. The van der Waals surface area contributed by atoms with E-state index in [2.05, 4.69) is 10.3 Å². The second-order valence-electron chi connectivity index (χ2n) is 6.49. The highest BCUT2D eigenvalue weighted by atomic mass is 32.1. The molecule has 2 aliphatic rings. The van der Waals surface area contributed by atoms with Crippen LogP contribution in [0.4, 0.5) is 0 Å². The number of hydrogen-bond donors (Lipinski definition) is 2. The summed E-state index contributed by atoms with van der Waals surface area (Å²) >= 11 is 4.96. The van der Waals surface area contributed by atoms with Crippen molar-refractivity contribution < 1.29 is 18.7 Å². The number of aromatic nitrogens is 1. The average molecular weight is 348 g/mol. The smallest absolute Gasteiger partial charge is 0.266 e. The highest BCUT2D eigenvalue weighted by Crippen LogP contribution is 2.37. The molecule has 2 N–H and O–H groups in total. The molecule has 128 valence electrons. The molecule has 7 heteroatoms. The first kappa shape index (κ1) is 15.8. The SMILES string of the molecule is O=C(NCC1CCC2(CC1)OCCO2)c1ccc2[nH]c(=S)oc2c1. The molecule has 2 fully saturated rings.